The molecule has 1 aromatic heterocycles. The van der Waals surface area contributed by atoms with Crippen LogP contribution < -0.4 is 10.6 Å². The Labute approximate surface area is 193 Å². The minimum Gasteiger partial charge on any atom is -0.451 e. The lowest BCUT2D eigenvalue weighted by Gasteiger charge is -2.36. The second-order valence-electron chi connectivity index (χ2n) is 8.90. The Morgan fingerprint density at radius 1 is 1.06 bits per heavy atom. The number of primary amides is 1. The van der Waals surface area contributed by atoms with E-state index < -0.39 is 5.91 Å². The lowest BCUT2D eigenvalue weighted by atomic mass is 9.99. The molecule has 0 radical (unpaired) electrons. The maximum Gasteiger partial charge on any atom is 0.284 e. The highest BCUT2D eigenvalue weighted by Gasteiger charge is 2.19. The average Bonchev–Trinajstić information content (AvgIpc) is 3.45. The SMILES string of the molecule is N#Cc1ccc2c(c1)C(CCCCN1CCN(c3ccc4oc(C(N)=O)cc4c3)CC1)=CC2. The first-order chi connectivity index (χ1) is 16.1. The van der Waals surface area contributed by atoms with Crippen LogP contribution in [0.2, 0.25) is 0 Å². The second kappa shape index (κ2) is 9.13. The zero-order valence-electron chi connectivity index (χ0n) is 18.7. The van der Waals surface area contributed by atoms with E-state index in [9.17, 15) is 10.1 Å². The van der Waals surface area contributed by atoms with Crippen molar-refractivity contribution >= 4 is 28.1 Å². The minimum atomic E-state index is -0.540. The number of allylic oxidation sites excluding steroid dienone is 2. The van der Waals surface area contributed by atoms with E-state index in [1.807, 2.05) is 18.2 Å². The number of carbonyl (C=O) groups is 1. The Kier molecular flexibility index (Phi) is 5.89. The third-order valence-electron chi connectivity index (χ3n) is 6.80. The summed E-state index contributed by atoms with van der Waals surface area (Å²) >= 11 is 0. The van der Waals surface area contributed by atoms with Crippen LogP contribution in [0.5, 0.6) is 0 Å². The largest absolute Gasteiger partial charge is 0.451 e. The summed E-state index contributed by atoms with van der Waals surface area (Å²) in [6, 6.07) is 16.1. The standard InChI is InChI=1S/C27H28N4O2/c28-18-19-4-5-21-7-6-20(24(21)15-19)3-1-2-10-30-11-13-31(14-12-30)23-8-9-25-22(16-23)17-26(33-25)27(29)32/h4-6,8-9,15-17H,1-3,7,10-14H2,(H2,29,32). The van der Waals surface area contributed by atoms with Gasteiger partial charge in [-0.15, -0.1) is 0 Å². The number of fused-ring (bicyclic) bond motifs is 2. The predicted octanol–water partition coefficient (Wildman–Crippen LogP) is 4.34. The van der Waals surface area contributed by atoms with Crippen LogP contribution in [0.1, 0.15) is 46.5 Å². The van der Waals surface area contributed by atoms with Gasteiger partial charge in [0.05, 0.1) is 11.6 Å². The number of nitriles is 1. The fraction of sp³-hybridized carbons (Fsp3) is 0.333. The molecule has 1 aliphatic heterocycles. The molecule has 1 amide bonds. The number of nitrogens with two attached hydrogens (primary N) is 1. The molecule has 2 heterocycles. The molecule has 3 aromatic rings. The molecule has 0 unspecified atom stereocenters. The fourth-order valence-electron chi connectivity index (χ4n) is 4.93. The molecule has 0 bridgehead atoms. The van der Waals surface area contributed by atoms with E-state index in [1.165, 1.54) is 29.5 Å². The smallest absolute Gasteiger partial charge is 0.284 e. The third-order valence-corrected chi connectivity index (χ3v) is 6.80. The number of benzene rings is 2. The molecule has 33 heavy (non-hydrogen) atoms. The summed E-state index contributed by atoms with van der Waals surface area (Å²) in [5, 5.41) is 10.1. The van der Waals surface area contributed by atoms with Gasteiger partial charge in [0, 0.05) is 37.3 Å². The van der Waals surface area contributed by atoms with Crippen molar-refractivity contribution in [3.8, 4) is 6.07 Å². The van der Waals surface area contributed by atoms with E-state index in [2.05, 4.69) is 40.1 Å². The highest BCUT2D eigenvalue weighted by molar-refractivity contribution is 5.95. The number of piperazine rings is 1. The van der Waals surface area contributed by atoms with Crippen molar-refractivity contribution < 1.29 is 9.21 Å². The molecule has 1 saturated heterocycles. The average molecular weight is 441 g/mol. The van der Waals surface area contributed by atoms with E-state index in [4.69, 9.17) is 10.2 Å². The molecule has 6 heteroatoms. The summed E-state index contributed by atoms with van der Waals surface area (Å²) in [6.07, 6.45) is 6.75. The van der Waals surface area contributed by atoms with Gasteiger partial charge in [-0.25, -0.2) is 0 Å². The van der Waals surface area contributed by atoms with Crippen molar-refractivity contribution in [1.82, 2.24) is 4.90 Å². The van der Waals surface area contributed by atoms with Gasteiger partial charge in [0.25, 0.3) is 5.91 Å². The number of nitrogens with zero attached hydrogens (tertiary/aromatic N) is 3. The summed E-state index contributed by atoms with van der Waals surface area (Å²) < 4.78 is 5.49. The van der Waals surface area contributed by atoms with Crippen LogP contribution >= 0.6 is 0 Å². The van der Waals surface area contributed by atoms with E-state index in [1.54, 1.807) is 6.07 Å². The summed E-state index contributed by atoms with van der Waals surface area (Å²) in [6.45, 7) is 5.19. The first-order valence-corrected chi connectivity index (χ1v) is 11.6. The van der Waals surface area contributed by atoms with Gasteiger partial charge in [-0.2, -0.15) is 5.26 Å². The molecule has 0 saturated carbocycles. The monoisotopic (exact) mass is 440 g/mol. The van der Waals surface area contributed by atoms with Gasteiger partial charge >= 0.3 is 0 Å². The number of hydrogen-bond acceptors (Lipinski definition) is 5. The molecule has 6 nitrogen and oxygen atoms in total. The molecule has 0 spiro atoms. The van der Waals surface area contributed by atoms with Crippen LogP contribution in [-0.4, -0.2) is 43.5 Å². The number of rotatable bonds is 7. The minimum absolute atomic E-state index is 0.203. The molecule has 5 rings (SSSR count). The fourth-order valence-corrected chi connectivity index (χ4v) is 4.93. The molecule has 168 valence electrons. The zero-order chi connectivity index (χ0) is 22.8. The summed E-state index contributed by atoms with van der Waals surface area (Å²) in [5.41, 5.74) is 12.0. The number of unbranched alkanes of at least 4 members (excludes halogenated alkanes) is 1. The van der Waals surface area contributed by atoms with Crippen LogP contribution in [0.4, 0.5) is 5.69 Å². The van der Waals surface area contributed by atoms with Crippen LogP contribution in [0.3, 0.4) is 0 Å². The van der Waals surface area contributed by atoms with Gasteiger partial charge in [0.1, 0.15) is 5.58 Å². The third kappa shape index (κ3) is 4.50. The van der Waals surface area contributed by atoms with Gasteiger partial charge in [-0.3, -0.25) is 9.69 Å². The van der Waals surface area contributed by atoms with E-state index in [0.29, 0.717) is 5.58 Å². The van der Waals surface area contributed by atoms with Crippen molar-refractivity contribution in [1.29, 1.82) is 5.26 Å². The van der Waals surface area contributed by atoms with Crippen molar-refractivity contribution in [3.63, 3.8) is 0 Å². The van der Waals surface area contributed by atoms with Crippen LogP contribution in [0.25, 0.3) is 16.5 Å². The lowest BCUT2D eigenvalue weighted by Crippen LogP contribution is -2.46. The highest BCUT2D eigenvalue weighted by atomic mass is 16.3. The predicted molar refractivity (Wildman–Crippen MR) is 130 cm³/mol. The number of carbonyl (C=O) groups excluding carboxylic acids is 1. The Morgan fingerprint density at radius 2 is 1.91 bits per heavy atom. The summed E-state index contributed by atoms with van der Waals surface area (Å²) in [7, 11) is 0. The van der Waals surface area contributed by atoms with E-state index in [0.717, 1.165) is 62.2 Å². The Hall–Kier alpha value is -3.56. The lowest BCUT2D eigenvalue weighted by molar-refractivity contribution is 0.0976. The molecule has 1 aliphatic carbocycles. The quantitative estimate of drug-likeness (QED) is 0.553. The van der Waals surface area contributed by atoms with Gasteiger partial charge in [0.2, 0.25) is 0 Å². The Bertz CT molecular complexity index is 1260. The number of amides is 1. The van der Waals surface area contributed by atoms with Crippen molar-refractivity contribution in [2.24, 2.45) is 5.73 Å². The van der Waals surface area contributed by atoms with Crippen molar-refractivity contribution in [2.75, 3.05) is 37.6 Å². The van der Waals surface area contributed by atoms with E-state index in [-0.39, 0.29) is 5.76 Å². The second-order valence-corrected chi connectivity index (χ2v) is 8.90. The first-order valence-electron chi connectivity index (χ1n) is 11.6. The Morgan fingerprint density at radius 3 is 2.70 bits per heavy atom. The van der Waals surface area contributed by atoms with Gasteiger partial charge in [-0.1, -0.05) is 12.1 Å². The molecule has 0 atom stereocenters. The number of furan rings is 1. The molecular formula is C27H28N4O2. The molecule has 2 aliphatic rings. The molecule has 2 aromatic carbocycles. The summed E-state index contributed by atoms with van der Waals surface area (Å²) in [5.74, 6) is -0.337. The molecule has 1 fully saturated rings. The number of hydrogen-bond donors (Lipinski definition) is 1. The van der Waals surface area contributed by atoms with Crippen molar-refractivity contribution in [3.05, 3.63) is 71.0 Å². The maximum absolute atomic E-state index is 11.4. The van der Waals surface area contributed by atoms with E-state index >= 15 is 0 Å². The van der Waals surface area contributed by atoms with Gasteiger partial charge < -0.3 is 15.1 Å². The molecular weight excluding hydrogens is 412 g/mol. The van der Waals surface area contributed by atoms with Gasteiger partial charge in [0.15, 0.2) is 5.76 Å². The van der Waals surface area contributed by atoms with Gasteiger partial charge in [-0.05, 0) is 85.3 Å². The molecule has 2 N–H and O–H groups in total. The first kappa shape index (κ1) is 21.3. The summed E-state index contributed by atoms with van der Waals surface area (Å²) in [4.78, 5) is 16.3. The normalized spacial score (nSPS) is 16.0. The van der Waals surface area contributed by atoms with Crippen LogP contribution in [-0.2, 0) is 6.42 Å². The zero-order valence-corrected chi connectivity index (χ0v) is 18.7. The Balaban J connectivity index is 1.09. The maximum atomic E-state index is 11.4. The van der Waals surface area contributed by atoms with Crippen LogP contribution in [0.15, 0.2) is 53.0 Å². The highest BCUT2D eigenvalue weighted by Crippen LogP contribution is 2.32. The number of anilines is 1. The topological polar surface area (TPSA) is 86.5 Å². The van der Waals surface area contributed by atoms with Crippen LogP contribution in [0, 0.1) is 11.3 Å². The van der Waals surface area contributed by atoms with Crippen molar-refractivity contribution in [2.45, 2.75) is 25.7 Å².